The molecule has 0 bridgehead atoms. The summed E-state index contributed by atoms with van der Waals surface area (Å²) in [7, 11) is 0. The highest BCUT2D eigenvalue weighted by molar-refractivity contribution is 5.94. The zero-order valence-corrected chi connectivity index (χ0v) is 11.4. The number of alkyl halides is 3. The van der Waals surface area contributed by atoms with Crippen LogP contribution in [0.3, 0.4) is 0 Å². The first kappa shape index (κ1) is 16.0. The number of benzene rings is 2. The minimum Gasteiger partial charge on any atom is -0.340 e. The SMILES string of the molecule is O=C(N[C@H](Cc1ccccc1F)C(F)(F)F)c1ccccc1. The molecule has 2 aromatic rings. The molecule has 1 atom stereocenters. The molecule has 0 saturated heterocycles. The number of nitrogens with one attached hydrogen (secondary N) is 1. The number of hydrogen-bond donors (Lipinski definition) is 1. The molecule has 0 aliphatic rings. The van der Waals surface area contributed by atoms with Crippen LogP contribution in [0, 0.1) is 5.82 Å². The Hall–Kier alpha value is -2.37. The minimum atomic E-state index is -4.67. The molecule has 0 saturated carbocycles. The number of carbonyl (C=O) groups is 1. The molecule has 22 heavy (non-hydrogen) atoms. The van der Waals surface area contributed by atoms with Crippen LogP contribution in [0.2, 0.25) is 0 Å². The summed E-state index contributed by atoms with van der Waals surface area (Å²) in [6.07, 6.45) is -5.33. The van der Waals surface area contributed by atoms with Gasteiger partial charge in [0.2, 0.25) is 0 Å². The quantitative estimate of drug-likeness (QED) is 0.857. The zero-order chi connectivity index (χ0) is 16.2. The molecule has 0 spiro atoms. The molecule has 2 rings (SSSR count). The molecule has 1 N–H and O–H groups in total. The smallest absolute Gasteiger partial charge is 0.340 e. The van der Waals surface area contributed by atoms with Gasteiger partial charge in [0.1, 0.15) is 11.9 Å². The monoisotopic (exact) mass is 311 g/mol. The Bertz CT molecular complexity index is 640. The summed E-state index contributed by atoms with van der Waals surface area (Å²) in [5.74, 6) is -1.58. The summed E-state index contributed by atoms with van der Waals surface area (Å²) in [6.45, 7) is 0. The standard InChI is InChI=1S/C16H13F4NO/c17-13-9-5-4-8-12(13)10-14(16(18,19)20)21-15(22)11-6-2-1-3-7-11/h1-9,14H,10H2,(H,21,22)/t14-/m1/s1. The van der Waals surface area contributed by atoms with Crippen molar-refractivity contribution in [2.45, 2.75) is 18.6 Å². The van der Waals surface area contributed by atoms with Gasteiger partial charge < -0.3 is 5.32 Å². The second-order valence-electron chi connectivity index (χ2n) is 4.73. The molecule has 0 aliphatic carbocycles. The fraction of sp³-hybridized carbons (Fsp3) is 0.188. The van der Waals surface area contributed by atoms with E-state index in [-0.39, 0.29) is 11.1 Å². The molecule has 116 valence electrons. The normalized spacial score (nSPS) is 12.7. The maximum Gasteiger partial charge on any atom is 0.408 e. The van der Waals surface area contributed by atoms with Crippen molar-refractivity contribution in [2.24, 2.45) is 0 Å². The van der Waals surface area contributed by atoms with E-state index in [1.807, 2.05) is 5.32 Å². The van der Waals surface area contributed by atoms with Crippen LogP contribution in [0.25, 0.3) is 0 Å². The molecular formula is C16H13F4NO. The van der Waals surface area contributed by atoms with E-state index in [1.54, 1.807) is 18.2 Å². The third-order valence-electron chi connectivity index (χ3n) is 3.12. The Morgan fingerprint density at radius 2 is 1.59 bits per heavy atom. The van der Waals surface area contributed by atoms with Gasteiger partial charge >= 0.3 is 6.18 Å². The fourth-order valence-electron chi connectivity index (χ4n) is 1.96. The van der Waals surface area contributed by atoms with E-state index in [9.17, 15) is 22.4 Å². The third kappa shape index (κ3) is 4.07. The number of rotatable bonds is 4. The first-order chi connectivity index (χ1) is 10.4. The zero-order valence-electron chi connectivity index (χ0n) is 11.4. The number of halogens is 4. The maximum atomic E-state index is 13.5. The average molecular weight is 311 g/mol. The van der Waals surface area contributed by atoms with Crippen molar-refractivity contribution in [1.29, 1.82) is 0 Å². The van der Waals surface area contributed by atoms with E-state index in [4.69, 9.17) is 0 Å². The van der Waals surface area contributed by atoms with Gasteiger partial charge in [0.15, 0.2) is 0 Å². The second kappa shape index (κ2) is 6.60. The molecule has 2 nitrogen and oxygen atoms in total. The average Bonchev–Trinajstić information content (AvgIpc) is 2.48. The lowest BCUT2D eigenvalue weighted by Crippen LogP contribution is -2.47. The van der Waals surface area contributed by atoms with Gasteiger partial charge in [0.05, 0.1) is 0 Å². The lowest BCUT2D eigenvalue weighted by atomic mass is 10.0. The van der Waals surface area contributed by atoms with Crippen LogP contribution in [0.4, 0.5) is 17.6 Å². The molecular weight excluding hydrogens is 298 g/mol. The minimum absolute atomic E-state index is 0.0989. The van der Waals surface area contributed by atoms with Crippen LogP contribution in [0.5, 0.6) is 0 Å². The van der Waals surface area contributed by atoms with Crippen molar-refractivity contribution in [2.75, 3.05) is 0 Å². The van der Waals surface area contributed by atoms with Crippen LogP contribution >= 0.6 is 0 Å². The topological polar surface area (TPSA) is 29.1 Å². The summed E-state index contributed by atoms with van der Waals surface area (Å²) >= 11 is 0. The van der Waals surface area contributed by atoms with E-state index in [1.165, 1.54) is 30.3 Å². The van der Waals surface area contributed by atoms with Gasteiger partial charge in [-0.3, -0.25) is 4.79 Å². The van der Waals surface area contributed by atoms with Crippen LogP contribution in [0.15, 0.2) is 54.6 Å². The number of hydrogen-bond acceptors (Lipinski definition) is 1. The molecule has 0 aromatic heterocycles. The van der Waals surface area contributed by atoms with E-state index >= 15 is 0 Å². The van der Waals surface area contributed by atoms with Crippen LogP contribution in [-0.4, -0.2) is 18.1 Å². The molecule has 0 radical (unpaired) electrons. The predicted molar refractivity (Wildman–Crippen MR) is 73.9 cm³/mol. The van der Waals surface area contributed by atoms with Crippen LogP contribution in [0.1, 0.15) is 15.9 Å². The second-order valence-corrected chi connectivity index (χ2v) is 4.73. The third-order valence-corrected chi connectivity index (χ3v) is 3.12. The highest BCUT2D eigenvalue weighted by Gasteiger charge is 2.41. The van der Waals surface area contributed by atoms with Crippen molar-refractivity contribution in [3.8, 4) is 0 Å². The largest absolute Gasteiger partial charge is 0.408 e. The Kier molecular flexibility index (Phi) is 4.80. The summed E-state index contributed by atoms with van der Waals surface area (Å²) in [6, 6.07) is 10.6. The highest BCUT2D eigenvalue weighted by Crippen LogP contribution is 2.24. The summed E-state index contributed by atoms with van der Waals surface area (Å²) in [4.78, 5) is 11.9. The van der Waals surface area contributed by atoms with Gasteiger partial charge in [-0.1, -0.05) is 36.4 Å². The van der Waals surface area contributed by atoms with E-state index in [0.717, 1.165) is 6.07 Å². The van der Waals surface area contributed by atoms with Gasteiger partial charge in [-0.25, -0.2) is 4.39 Å². The molecule has 6 heteroatoms. The van der Waals surface area contributed by atoms with Crippen molar-refractivity contribution >= 4 is 5.91 Å². The number of carbonyl (C=O) groups excluding carboxylic acids is 1. The first-order valence-corrected chi connectivity index (χ1v) is 6.54. The highest BCUT2D eigenvalue weighted by atomic mass is 19.4. The summed E-state index contributed by atoms with van der Waals surface area (Å²) in [5, 5.41) is 1.92. The Balaban J connectivity index is 2.18. The summed E-state index contributed by atoms with van der Waals surface area (Å²) in [5.41, 5.74) is 0.0171. The van der Waals surface area contributed by atoms with Crippen molar-refractivity contribution in [1.82, 2.24) is 5.32 Å². The molecule has 0 heterocycles. The molecule has 1 amide bonds. The van der Waals surface area contributed by atoms with E-state index in [0.29, 0.717) is 0 Å². The van der Waals surface area contributed by atoms with Crippen molar-refractivity contribution in [3.63, 3.8) is 0 Å². The Morgan fingerprint density at radius 1 is 1.00 bits per heavy atom. The lowest BCUT2D eigenvalue weighted by molar-refractivity contribution is -0.153. The van der Waals surface area contributed by atoms with Gasteiger partial charge in [-0.05, 0) is 23.8 Å². The van der Waals surface area contributed by atoms with Crippen LogP contribution < -0.4 is 5.32 Å². The molecule has 2 aromatic carbocycles. The fourth-order valence-corrected chi connectivity index (χ4v) is 1.96. The Morgan fingerprint density at radius 3 is 2.18 bits per heavy atom. The van der Waals surface area contributed by atoms with Gasteiger partial charge in [-0.15, -0.1) is 0 Å². The van der Waals surface area contributed by atoms with Crippen molar-refractivity contribution < 1.29 is 22.4 Å². The van der Waals surface area contributed by atoms with Gasteiger partial charge in [-0.2, -0.15) is 13.2 Å². The number of amides is 1. The maximum absolute atomic E-state index is 13.5. The molecule has 0 aliphatic heterocycles. The summed E-state index contributed by atoms with van der Waals surface area (Å²) < 4.78 is 52.7. The predicted octanol–water partition coefficient (Wildman–Crippen LogP) is 3.73. The molecule has 0 unspecified atom stereocenters. The van der Waals surface area contributed by atoms with Crippen LogP contribution in [-0.2, 0) is 6.42 Å². The van der Waals surface area contributed by atoms with E-state index in [2.05, 4.69) is 0 Å². The van der Waals surface area contributed by atoms with E-state index < -0.39 is 30.4 Å². The first-order valence-electron chi connectivity index (χ1n) is 6.54. The van der Waals surface area contributed by atoms with Gasteiger partial charge in [0.25, 0.3) is 5.91 Å². The lowest BCUT2D eigenvalue weighted by Gasteiger charge is -2.22. The van der Waals surface area contributed by atoms with Crippen molar-refractivity contribution in [3.05, 3.63) is 71.5 Å². The Labute approximate surface area is 124 Å². The molecule has 0 fully saturated rings. The van der Waals surface area contributed by atoms with Gasteiger partial charge in [0, 0.05) is 12.0 Å².